The molecule has 0 radical (unpaired) electrons. The van der Waals surface area contributed by atoms with Gasteiger partial charge in [-0.05, 0) is 13.3 Å². The van der Waals surface area contributed by atoms with E-state index in [0.717, 1.165) is 25.2 Å². The highest BCUT2D eigenvalue weighted by Gasteiger charge is 2.02. The lowest BCUT2D eigenvalue weighted by molar-refractivity contribution is 0.326. The van der Waals surface area contributed by atoms with Crippen LogP contribution in [-0.2, 0) is 0 Å². The maximum absolute atomic E-state index is 5.89. The summed E-state index contributed by atoms with van der Waals surface area (Å²) < 4.78 is 5.28. The number of hydrogen-bond acceptors (Lipinski definition) is 5. The Bertz CT molecular complexity index is 306. The molecule has 3 N–H and O–H groups in total. The summed E-state index contributed by atoms with van der Waals surface area (Å²) in [5.74, 6) is 1.34. The molecule has 0 fully saturated rings. The normalized spacial score (nSPS) is 12.2. The molecule has 0 bridgehead atoms. The minimum absolute atomic E-state index is 0.163. The van der Waals surface area contributed by atoms with Crippen LogP contribution in [0.3, 0.4) is 0 Å². The molecule has 0 aliphatic carbocycles. The van der Waals surface area contributed by atoms with Crippen molar-refractivity contribution in [3.05, 3.63) is 12.4 Å². The first kappa shape index (κ1) is 12.7. The summed E-state index contributed by atoms with van der Waals surface area (Å²) in [7, 11) is 0. The largest absolute Gasteiger partial charge is 0.478 e. The molecule has 0 saturated heterocycles. The highest BCUT2D eigenvalue weighted by atomic mass is 16.5. The van der Waals surface area contributed by atoms with E-state index in [4.69, 9.17) is 10.5 Å². The van der Waals surface area contributed by atoms with Gasteiger partial charge in [-0.3, -0.25) is 0 Å². The van der Waals surface area contributed by atoms with E-state index in [1.54, 1.807) is 6.07 Å². The lowest BCUT2D eigenvalue weighted by Gasteiger charge is -2.12. The fourth-order valence-electron chi connectivity index (χ4n) is 1.37. The van der Waals surface area contributed by atoms with Gasteiger partial charge in [0.2, 0.25) is 5.88 Å². The summed E-state index contributed by atoms with van der Waals surface area (Å²) in [5.41, 5.74) is 5.89. The van der Waals surface area contributed by atoms with E-state index < -0.39 is 0 Å². The van der Waals surface area contributed by atoms with Crippen molar-refractivity contribution in [2.24, 2.45) is 5.73 Å². The Balaban J connectivity index is 2.44. The molecule has 0 saturated carbocycles. The monoisotopic (exact) mass is 224 g/mol. The molecule has 0 aliphatic heterocycles. The summed E-state index contributed by atoms with van der Waals surface area (Å²) in [6, 6.07) is 1.94. The number of ether oxygens (including phenoxy) is 1. The van der Waals surface area contributed by atoms with Crippen molar-refractivity contribution in [1.82, 2.24) is 9.97 Å². The predicted molar refractivity (Wildman–Crippen MR) is 64.6 cm³/mol. The SMILES string of the molecule is CCCC(N)CNc1cc(OCC)ncn1. The van der Waals surface area contributed by atoms with Gasteiger partial charge >= 0.3 is 0 Å². The summed E-state index contributed by atoms with van der Waals surface area (Å²) in [6.07, 6.45) is 3.59. The molecule has 5 nitrogen and oxygen atoms in total. The molecule has 1 atom stereocenters. The molecule has 1 unspecified atom stereocenters. The second-order valence-corrected chi connectivity index (χ2v) is 3.60. The smallest absolute Gasteiger partial charge is 0.218 e. The zero-order valence-corrected chi connectivity index (χ0v) is 9.94. The fourth-order valence-corrected chi connectivity index (χ4v) is 1.37. The third kappa shape index (κ3) is 4.44. The zero-order chi connectivity index (χ0) is 11.8. The van der Waals surface area contributed by atoms with Gasteiger partial charge in [0, 0.05) is 18.7 Å². The summed E-state index contributed by atoms with van der Waals surface area (Å²) in [4.78, 5) is 8.08. The first-order valence-corrected chi connectivity index (χ1v) is 5.70. The van der Waals surface area contributed by atoms with E-state index in [9.17, 15) is 0 Å². The highest BCUT2D eigenvalue weighted by molar-refractivity contribution is 5.37. The molecule has 1 rings (SSSR count). The van der Waals surface area contributed by atoms with Crippen molar-refractivity contribution >= 4 is 5.82 Å². The molecule has 90 valence electrons. The maximum Gasteiger partial charge on any atom is 0.218 e. The van der Waals surface area contributed by atoms with Crippen LogP contribution in [0.15, 0.2) is 12.4 Å². The van der Waals surface area contributed by atoms with Crippen molar-refractivity contribution in [1.29, 1.82) is 0 Å². The van der Waals surface area contributed by atoms with Crippen LogP contribution >= 0.6 is 0 Å². The Morgan fingerprint density at radius 3 is 2.94 bits per heavy atom. The predicted octanol–water partition coefficient (Wildman–Crippen LogP) is 1.41. The van der Waals surface area contributed by atoms with E-state index in [2.05, 4.69) is 22.2 Å². The molecular weight excluding hydrogens is 204 g/mol. The van der Waals surface area contributed by atoms with Gasteiger partial charge in [-0.15, -0.1) is 0 Å². The minimum atomic E-state index is 0.163. The molecule has 1 heterocycles. The first-order valence-electron chi connectivity index (χ1n) is 5.70. The average molecular weight is 224 g/mol. The number of nitrogens with two attached hydrogens (primary N) is 1. The van der Waals surface area contributed by atoms with Gasteiger partial charge in [-0.1, -0.05) is 13.3 Å². The van der Waals surface area contributed by atoms with Gasteiger partial charge < -0.3 is 15.8 Å². The molecule has 0 amide bonds. The van der Waals surface area contributed by atoms with Crippen LogP contribution in [0.2, 0.25) is 0 Å². The Labute approximate surface area is 96.4 Å². The van der Waals surface area contributed by atoms with Crippen LogP contribution in [-0.4, -0.2) is 29.2 Å². The first-order chi connectivity index (χ1) is 7.76. The number of nitrogens with one attached hydrogen (secondary N) is 1. The van der Waals surface area contributed by atoms with Crippen LogP contribution in [0.5, 0.6) is 5.88 Å². The van der Waals surface area contributed by atoms with Crippen molar-refractivity contribution in [2.75, 3.05) is 18.5 Å². The molecule has 1 aromatic rings. The number of hydrogen-bond donors (Lipinski definition) is 2. The average Bonchev–Trinajstić information content (AvgIpc) is 2.28. The van der Waals surface area contributed by atoms with Crippen LogP contribution in [0.1, 0.15) is 26.7 Å². The van der Waals surface area contributed by atoms with Gasteiger partial charge in [0.25, 0.3) is 0 Å². The van der Waals surface area contributed by atoms with E-state index in [1.165, 1.54) is 6.33 Å². The van der Waals surface area contributed by atoms with E-state index in [-0.39, 0.29) is 6.04 Å². The van der Waals surface area contributed by atoms with E-state index in [1.807, 2.05) is 6.92 Å². The lowest BCUT2D eigenvalue weighted by atomic mass is 10.2. The molecular formula is C11H20N4O. The number of rotatable bonds is 7. The topological polar surface area (TPSA) is 73.1 Å². The van der Waals surface area contributed by atoms with Crippen LogP contribution in [0, 0.1) is 0 Å². The second kappa shape index (κ2) is 7.00. The molecule has 0 spiro atoms. The second-order valence-electron chi connectivity index (χ2n) is 3.60. The van der Waals surface area contributed by atoms with Gasteiger partial charge in [0.05, 0.1) is 6.61 Å². The van der Waals surface area contributed by atoms with Crippen LogP contribution < -0.4 is 15.8 Å². The Morgan fingerprint density at radius 1 is 1.44 bits per heavy atom. The fraction of sp³-hybridized carbons (Fsp3) is 0.636. The van der Waals surface area contributed by atoms with Crippen molar-refractivity contribution in [3.63, 3.8) is 0 Å². The molecule has 0 aliphatic rings. The summed E-state index contributed by atoms with van der Waals surface area (Å²) in [6.45, 7) is 5.37. The number of nitrogens with zero attached hydrogens (tertiary/aromatic N) is 2. The molecule has 0 aromatic carbocycles. The van der Waals surface area contributed by atoms with Gasteiger partial charge in [0.15, 0.2) is 0 Å². The standard InChI is InChI=1S/C11H20N4O/c1-3-5-9(12)7-13-10-6-11(16-4-2)15-8-14-10/h6,8-9H,3-5,7,12H2,1-2H3,(H,13,14,15). The maximum atomic E-state index is 5.89. The molecule has 1 aromatic heterocycles. The number of anilines is 1. The third-order valence-electron chi connectivity index (χ3n) is 2.14. The van der Waals surface area contributed by atoms with Crippen molar-refractivity contribution < 1.29 is 4.74 Å². The number of aromatic nitrogens is 2. The summed E-state index contributed by atoms with van der Waals surface area (Å²) in [5, 5.41) is 3.17. The minimum Gasteiger partial charge on any atom is -0.478 e. The van der Waals surface area contributed by atoms with Crippen molar-refractivity contribution in [2.45, 2.75) is 32.7 Å². The third-order valence-corrected chi connectivity index (χ3v) is 2.14. The lowest BCUT2D eigenvalue weighted by Crippen LogP contribution is -2.28. The Kier molecular flexibility index (Phi) is 5.56. The van der Waals surface area contributed by atoms with Gasteiger partial charge in [0.1, 0.15) is 12.1 Å². The quantitative estimate of drug-likeness (QED) is 0.732. The van der Waals surface area contributed by atoms with Gasteiger partial charge in [-0.25, -0.2) is 9.97 Å². The molecule has 5 heteroatoms. The van der Waals surface area contributed by atoms with Crippen LogP contribution in [0.4, 0.5) is 5.82 Å². The van der Waals surface area contributed by atoms with Gasteiger partial charge in [-0.2, -0.15) is 0 Å². The molecule has 16 heavy (non-hydrogen) atoms. The Hall–Kier alpha value is -1.36. The van der Waals surface area contributed by atoms with Crippen molar-refractivity contribution in [3.8, 4) is 5.88 Å². The highest BCUT2D eigenvalue weighted by Crippen LogP contribution is 2.10. The zero-order valence-electron chi connectivity index (χ0n) is 9.94. The van der Waals surface area contributed by atoms with E-state index >= 15 is 0 Å². The van der Waals surface area contributed by atoms with E-state index in [0.29, 0.717) is 12.5 Å². The Morgan fingerprint density at radius 2 is 2.25 bits per heavy atom. The summed E-state index contributed by atoms with van der Waals surface area (Å²) >= 11 is 0. The van der Waals surface area contributed by atoms with Crippen LogP contribution in [0.25, 0.3) is 0 Å².